The van der Waals surface area contributed by atoms with Crippen molar-refractivity contribution in [3.05, 3.63) is 0 Å². The summed E-state index contributed by atoms with van der Waals surface area (Å²) in [5, 5.41) is 0. The van der Waals surface area contributed by atoms with Crippen molar-refractivity contribution in [2.24, 2.45) is 68.0 Å². The molecular formula is C36H45EuF9O6. The average Bonchev–Trinajstić information content (AvgIpc) is 3.56. The Morgan fingerprint density at radius 2 is 0.615 bits per heavy atom. The summed E-state index contributed by atoms with van der Waals surface area (Å²) < 4.78 is 113. The first-order valence-corrected chi connectivity index (χ1v) is 17.0. The van der Waals surface area contributed by atoms with Crippen LogP contribution in [0, 0.1) is 117 Å². The number of carbonyl (C=O) groups excluding carboxylic acids is 6. The number of halogens is 9. The van der Waals surface area contributed by atoms with Gasteiger partial charge in [0.2, 0.25) is 17.3 Å². The normalized spacial score (nSPS) is 39.0. The summed E-state index contributed by atoms with van der Waals surface area (Å²) in [6, 6.07) is 0. The standard InChI is InChI=1S/3C12H15F3O2.Eu/c3*1-10(2)6-4-5-11(10,3)7(8(6)16)9(17)12(13,14)15;/h3*6-7H,4-5H2,1-3H3;. The van der Waals surface area contributed by atoms with Gasteiger partial charge in [0.1, 0.15) is 17.3 Å². The summed E-state index contributed by atoms with van der Waals surface area (Å²) in [7, 11) is 0. The zero-order chi connectivity index (χ0) is 39.7. The van der Waals surface area contributed by atoms with Crippen LogP contribution in [0.3, 0.4) is 0 Å². The topological polar surface area (TPSA) is 102 Å². The molecule has 0 saturated heterocycles. The number of ketones is 6. The fraction of sp³-hybridized carbons (Fsp3) is 0.833. The molecule has 6 aliphatic carbocycles. The fourth-order valence-electron chi connectivity index (χ4n) is 10.9. The van der Waals surface area contributed by atoms with Crippen LogP contribution in [0.1, 0.15) is 101 Å². The van der Waals surface area contributed by atoms with Crippen molar-refractivity contribution in [3.8, 4) is 0 Å². The molecule has 0 aromatic rings. The molecule has 9 atom stereocenters. The molecule has 6 nitrogen and oxygen atoms in total. The molecule has 0 spiro atoms. The number of fused-ring (bicyclic) bond motifs is 6. The third-order valence-electron chi connectivity index (χ3n) is 15.3. The second kappa shape index (κ2) is 13.3. The Bertz CT molecular complexity index is 1380. The minimum Gasteiger partial charge on any atom is -0.299 e. The minimum atomic E-state index is -4.91. The first kappa shape index (κ1) is 45.4. The smallest absolute Gasteiger partial charge is 0.299 e. The van der Waals surface area contributed by atoms with E-state index in [4.69, 9.17) is 0 Å². The third-order valence-corrected chi connectivity index (χ3v) is 15.3. The Labute approximate surface area is 337 Å². The van der Waals surface area contributed by atoms with Crippen molar-refractivity contribution in [2.45, 2.75) is 119 Å². The Balaban J connectivity index is 0.000000208. The maximum Gasteiger partial charge on any atom is 0.450 e. The largest absolute Gasteiger partial charge is 0.450 e. The van der Waals surface area contributed by atoms with Crippen molar-refractivity contribution < 1.29 is 118 Å². The molecule has 52 heavy (non-hydrogen) atoms. The summed E-state index contributed by atoms with van der Waals surface area (Å²) in [6.07, 6.45) is -11.4. The fourth-order valence-corrected chi connectivity index (χ4v) is 10.9. The van der Waals surface area contributed by atoms with Gasteiger partial charge in [-0.05, 0) is 71.0 Å². The van der Waals surface area contributed by atoms with Crippen molar-refractivity contribution in [1.29, 1.82) is 0 Å². The number of carbonyl (C=O) groups is 6. The summed E-state index contributed by atoms with van der Waals surface area (Å²) in [5.41, 5.74) is -4.09. The van der Waals surface area contributed by atoms with Crippen molar-refractivity contribution in [2.75, 3.05) is 0 Å². The molecule has 6 fully saturated rings. The van der Waals surface area contributed by atoms with Crippen molar-refractivity contribution in [3.63, 3.8) is 0 Å². The van der Waals surface area contributed by atoms with E-state index in [1.165, 1.54) is 0 Å². The van der Waals surface area contributed by atoms with Gasteiger partial charge in [-0.1, -0.05) is 62.3 Å². The van der Waals surface area contributed by atoms with Crippen molar-refractivity contribution in [1.82, 2.24) is 0 Å². The van der Waals surface area contributed by atoms with Crippen LogP contribution in [0.15, 0.2) is 0 Å². The van der Waals surface area contributed by atoms with Gasteiger partial charge in [-0.3, -0.25) is 28.8 Å². The van der Waals surface area contributed by atoms with E-state index < -0.39 is 121 Å². The van der Waals surface area contributed by atoms with Crippen LogP contribution in [0.2, 0.25) is 0 Å². The van der Waals surface area contributed by atoms with E-state index in [1.54, 1.807) is 62.3 Å². The van der Waals surface area contributed by atoms with E-state index in [-0.39, 0.29) is 49.4 Å². The first-order chi connectivity index (χ1) is 22.6. The Morgan fingerprint density at radius 3 is 0.731 bits per heavy atom. The molecule has 0 amide bonds. The first-order valence-electron chi connectivity index (χ1n) is 17.0. The SMILES string of the molecule is CC1(C)C2CCC1(C)C(C(=O)C(F)(F)F)C2=O.CC1(C)C2CCC1(C)C(C(=O)C(F)(F)F)C2=O.CC1(C)C2CCC1(C)C(C(=O)C(F)(F)F)C2=O.[Eu]. The van der Waals surface area contributed by atoms with Crippen molar-refractivity contribution >= 4 is 34.7 Å². The summed E-state index contributed by atoms with van der Waals surface area (Å²) >= 11 is 0. The van der Waals surface area contributed by atoms with Crippen LogP contribution in [0.4, 0.5) is 39.5 Å². The molecule has 6 aliphatic rings. The van der Waals surface area contributed by atoms with E-state index in [2.05, 4.69) is 0 Å². The monoisotopic (exact) mass is 897 g/mol. The summed E-state index contributed by atoms with van der Waals surface area (Å²) in [6.45, 7) is 15.7. The van der Waals surface area contributed by atoms with Crippen LogP contribution in [0.5, 0.6) is 0 Å². The van der Waals surface area contributed by atoms with E-state index in [1.807, 2.05) is 0 Å². The maximum atomic E-state index is 12.5. The molecule has 0 aromatic heterocycles. The summed E-state index contributed by atoms with van der Waals surface area (Å²) in [5.74, 6) is -12.8. The second-order valence-corrected chi connectivity index (χ2v) is 17.8. The van der Waals surface area contributed by atoms with Crippen LogP contribution < -0.4 is 0 Å². The molecule has 0 N–H and O–H groups in total. The predicted molar refractivity (Wildman–Crippen MR) is 163 cm³/mol. The molecule has 0 heterocycles. The van der Waals surface area contributed by atoms with Gasteiger partial charge in [0.25, 0.3) is 0 Å². The summed E-state index contributed by atoms with van der Waals surface area (Å²) in [4.78, 5) is 70.1. The zero-order valence-electron chi connectivity index (χ0n) is 30.4. The van der Waals surface area contributed by atoms with Gasteiger partial charge in [0, 0.05) is 67.1 Å². The van der Waals surface area contributed by atoms with Gasteiger partial charge in [0.15, 0.2) is 0 Å². The van der Waals surface area contributed by atoms with Crippen LogP contribution in [-0.4, -0.2) is 53.2 Å². The van der Waals surface area contributed by atoms with Crippen LogP contribution >= 0.6 is 0 Å². The molecule has 1 radical (unpaired) electrons. The second-order valence-electron chi connectivity index (χ2n) is 17.8. The van der Waals surface area contributed by atoms with Gasteiger partial charge >= 0.3 is 18.5 Å². The number of hydrogen-bond donors (Lipinski definition) is 0. The zero-order valence-corrected chi connectivity index (χ0v) is 32.9. The Kier molecular flexibility index (Phi) is 11.6. The minimum absolute atomic E-state index is 0. The van der Waals surface area contributed by atoms with E-state index >= 15 is 0 Å². The average molecular weight is 897 g/mol. The van der Waals surface area contributed by atoms with Gasteiger partial charge in [0.05, 0.1) is 17.8 Å². The number of alkyl halides is 9. The number of hydrogen-bond acceptors (Lipinski definition) is 6. The molecule has 0 aromatic carbocycles. The molecule has 6 rings (SSSR count). The molecular weight excluding hydrogens is 851 g/mol. The van der Waals surface area contributed by atoms with E-state index in [9.17, 15) is 68.3 Å². The van der Waals surface area contributed by atoms with E-state index in [0.717, 1.165) is 0 Å². The molecule has 16 heteroatoms. The molecule has 295 valence electrons. The molecule has 0 aliphatic heterocycles. The molecule has 6 bridgehead atoms. The maximum absolute atomic E-state index is 12.5. The molecule has 9 unspecified atom stereocenters. The van der Waals surface area contributed by atoms with Crippen LogP contribution in [-0.2, 0) is 28.8 Å². The van der Waals surface area contributed by atoms with Gasteiger partial charge in [-0.25, -0.2) is 0 Å². The third kappa shape index (κ3) is 6.28. The number of rotatable bonds is 3. The number of Topliss-reactive ketones (excluding diaryl/α,β-unsaturated/α-hetero) is 6. The Morgan fingerprint density at radius 1 is 0.442 bits per heavy atom. The van der Waals surface area contributed by atoms with Gasteiger partial charge < -0.3 is 0 Å². The van der Waals surface area contributed by atoms with Crippen LogP contribution in [0.25, 0.3) is 0 Å². The Hall–Kier alpha value is -1.03. The van der Waals surface area contributed by atoms with E-state index in [0.29, 0.717) is 38.5 Å². The predicted octanol–water partition coefficient (Wildman–Crippen LogP) is 8.28. The quantitative estimate of drug-likeness (QED) is 0.209. The molecule has 6 saturated carbocycles. The van der Waals surface area contributed by atoms with Gasteiger partial charge in [-0.2, -0.15) is 39.5 Å². The van der Waals surface area contributed by atoms with Gasteiger partial charge in [-0.15, -0.1) is 0 Å².